The summed E-state index contributed by atoms with van der Waals surface area (Å²) >= 11 is 0. The number of rotatable bonds is 8. The van der Waals surface area contributed by atoms with Crippen LogP contribution in [0.3, 0.4) is 0 Å². The maximum atomic E-state index is 12.3. The largest absolute Gasteiger partial charge is 0.494 e. The van der Waals surface area contributed by atoms with Gasteiger partial charge in [-0.2, -0.15) is 0 Å². The summed E-state index contributed by atoms with van der Waals surface area (Å²) in [5.74, 6) is 1.30. The van der Waals surface area contributed by atoms with Gasteiger partial charge in [0.15, 0.2) is 0 Å². The fourth-order valence-electron chi connectivity index (χ4n) is 2.07. The van der Waals surface area contributed by atoms with Gasteiger partial charge in [0.1, 0.15) is 11.5 Å². The highest BCUT2D eigenvalue weighted by Crippen LogP contribution is 2.22. The third kappa shape index (κ3) is 5.14. The molecule has 0 radical (unpaired) electrons. The van der Waals surface area contributed by atoms with Gasteiger partial charge in [0.2, 0.25) is 0 Å². The Labute approximate surface area is 136 Å². The van der Waals surface area contributed by atoms with Crippen LogP contribution in [0.4, 0.5) is 0 Å². The van der Waals surface area contributed by atoms with Crippen LogP contribution in [0.2, 0.25) is 0 Å². The molecule has 0 atom stereocenters. The van der Waals surface area contributed by atoms with Crippen LogP contribution in [-0.2, 0) is 17.9 Å². The monoisotopic (exact) mass is 317 g/mol. The summed E-state index contributed by atoms with van der Waals surface area (Å²) < 4.78 is 16.4. The Bertz CT molecular complexity index is 620. The van der Waals surface area contributed by atoms with Gasteiger partial charge in [-0.15, -0.1) is 0 Å². The Balaban J connectivity index is 2.08. The minimum Gasteiger partial charge on any atom is -0.494 e. The molecular weight excluding hydrogens is 294 g/mol. The molecule has 2 rings (SSSR count). The van der Waals surface area contributed by atoms with Crippen LogP contribution in [0.5, 0.6) is 5.75 Å². The Morgan fingerprint density at radius 2 is 2.13 bits per heavy atom. The van der Waals surface area contributed by atoms with Crippen molar-refractivity contribution in [2.45, 2.75) is 40.0 Å². The number of ether oxygens (including phenoxy) is 2. The fourth-order valence-corrected chi connectivity index (χ4v) is 2.07. The van der Waals surface area contributed by atoms with E-state index in [4.69, 9.17) is 13.9 Å². The maximum absolute atomic E-state index is 12.3. The van der Waals surface area contributed by atoms with Crippen molar-refractivity contribution in [1.82, 2.24) is 5.32 Å². The van der Waals surface area contributed by atoms with Crippen molar-refractivity contribution in [2.24, 2.45) is 0 Å². The molecule has 23 heavy (non-hydrogen) atoms. The molecule has 1 N–H and O–H groups in total. The first-order valence-corrected chi connectivity index (χ1v) is 7.78. The van der Waals surface area contributed by atoms with E-state index in [0.29, 0.717) is 31.1 Å². The lowest BCUT2D eigenvalue weighted by molar-refractivity contribution is 0.0641. The number of hydrogen-bond acceptors (Lipinski definition) is 4. The molecule has 0 aliphatic carbocycles. The summed E-state index contributed by atoms with van der Waals surface area (Å²) in [6.07, 6.45) is 1.70. The van der Waals surface area contributed by atoms with E-state index >= 15 is 0 Å². The van der Waals surface area contributed by atoms with Crippen LogP contribution in [-0.4, -0.2) is 18.6 Å². The highest BCUT2D eigenvalue weighted by Gasteiger charge is 2.11. The normalized spacial score (nSPS) is 10.8. The molecule has 0 spiro atoms. The third-order valence-corrected chi connectivity index (χ3v) is 3.20. The van der Waals surface area contributed by atoms with Gasteiger partial charge in [0.25, 0.3) is 5.91 Å². The van der Waals surface area contributed by atoms with Gasteiger partial charge in [-0.05, 0) is 51.1 Å². The standard InChI is InChI=1S/C18H23NO4/c1-4-21-17-8-7-14(10-15(17)12-23-13(2)3)18(20)19-11-16-6-5-9-22-16/h5-10,13H,4,11-12H2,1-3H3,(H,19,20). The van der Waals surface area contributed by atoms with Crippen LogP contribution in [0.15, 0.2) is 41.0 Å². The van der Waals surface area contributed by atoms with Gasteiger partial charge >= 0.3 is 0 Å². The van der Waals surface area contributed by atoms with Gasteiger partial charge in [-0.3, -0.25) is 4.79 Å². The quantitative estimate of drug-likeness (QED) is 0.809. The van der Waals surface area contributed by atoms with Crippen LogP contribution in [0.1, 0.15) is 42.5 Å². The molecule has 1 aromatic heterocycles. The molecule has 0 saturated heterocycles. The first-order chi connectivity index (χ1) is 11.1. The summed E-state index contributed by atoms with van der Waals surface area (Å²) in [5, 5.41) is 2.83. The number of carbonyl (C=O) groups excluding carboxylic acids is 1. The van der Waals surface area contributed by atoms with Crippen LogP contribution < -0.4 is 10.1 Å². The second-order valence-corrected chi connectivity index (χ2v) is 5.38. The predicted octanol–water partition coefficient (Wildman–Crippen LogP) is 3.53. The van der Waals surface area contributed by atoms with Crippen molar-refractivity contribution in [3.05, 3.63) is 53.5 Å². The van der Waals surface area contributed by atoms with E-state index in [9.17, 15) is 4.79 Å². The highest BCUT2D eigenvalue weighted by molar-refractivity contribution is 5.94. The Morgan fingerprint density at radius 1 is 1.30 bits per heavy atom. The lowest BCUT2D eigenvalue weighted by Gasteiger charge is -2.14. The topological polar surface area (TPSA) is 60.7 Å². The van der Waals surface area contributed by atoms with Crippen molar-refractivity contribution in [3.8, 4) is 5.75 Å². The summed E-state index contributed by atoms with van der Waals surface area (Å²) in [5.41, 5.74) is 1.44. The summed E-state index contributed by atoms with van der Waals surface area (Å²) in [4.78, 5) is 12.3. The number of furan rings is 1. The molecule has 0 unspecified atom stereocenters. The van der Waals surface area contributed by atoms with E-state index in [1.807, 2.05) is 39.0 Å². The number of benzene rings is 1. The maximum Gasteiger partial charge on any atom is 0.251 e. The first-order valence-electron chi connectivity index (χ1n) is 7.78. The van der Waals surface area contributed by atoms with Gasteiger partial charge in [0, 0.05) is 11.1 Å². The Hall–Kier alpha value is -2.27. The number of amides is 1. The number of nitrogens with one attached hydrogen (secondary N) is 1. The third-order valence-electron chi connectivity index (χ3n) is 3.20. The predicted molar refractivity (Wildman–Crippen MR) is 87.4 cm³/mol. The molecule has 0 aliphatic rings. The van der Waals surface area contributed by atoms with Crippen LogP contribution >= 0.6 is 0 Å². The van der Waals surface area contributed by atoms with Crippen molar-refractivity contribution < 1.29 is 18.7 Å². The van der Waals surface area contributed by atoms with Gasteiger partial charge in [-0.1, -0.05) is 0 Å². The van der Waals surface area contributed by atoms with Crippen molar-refractivity contribution in [1.29, 1.82) is 0 Å². The lowest BCUT2D eigenvalue weighted by atomic mass is 10.1. The molecule has 1 heterocycles. The molecule has 1 aromatic carbocycles. The molecule has 0 aliphatic heterocycles. The average Bonchev–Trinajstić information content (AvgIpc) is 3.05. The zero-order valence-electron chi connectivity index (χ0n) is 13.8. The smallest absolute Gasteiger partial charge is 0.251 e. The van der Waals surface area contributed by atoms with E-state index in [1.54, 1.807) is 18.4 Å². The first kappa shape index (κ1) is 17.1. The molecule has 0 saturated carbocycles. The molecule has 0 bridgehead atoms. The minimum atomic E-state index is -0.157. The number of hydrogen-bond donors (Lipinski definition) is 1. The summed E-state index contributed by atoms with van der Waals surface area (Å²) in [6.45, 7) is 7.21. The molecule has 2 aromatic rings. The molecular formula is C18H23NO4. The fraction of sp³-hybridized carbons (Fsp3) is 0.389. The van der Waals surface area contributed by atoms with Gasteiger partial charge in [0.05, 0.1) is 32.1 Å². The van der Waals surface area contributed by atoms with Crippen LogP contribution in [0.25, 0.3) is 0 Å². The van der Waals surface area contributed by atoms with Crippen molar-refractivity contribution >= 4 is 5.91 Å². The zero-order chi connectivity index (χ0) is 16.7. The van der Waals surface area contributed by atoms with E-state index in [-0.39, 0.29) is 12.0 Å². The lowest BCUT2D eigenvalue weighted by Crippen LogP contribution is -2.22. The molecule has 5 heteroatoms. The van der Waals surface area contributed by atoms with Crippen molar-refractivity contribution in [3.63, 3.8) is 0 Å². The number of carbonyl (C=O) groups is 1. The van der Waals surface area contributed by atoms with E-state index < -0.39 is 0 Å². The Kier molecular flexibility index (Phi) is 6.23. The zero-order valence-corrected chi connectivity index (χ0v) is 13.8. The minimum absolute atomic E-state index is 0.112. The molecule has 124 valence electrons. The summed E-state index contributed by atoms with van der Waals surface area (Å²) in [6, 6.07) is 8.98. The van der Waals surface area contributed by atoms with E-state index in [0.717, 1.165) is 11.3 Å². The Morgan fingerprint density at radius 3 is 2.78 bits per heavy atom. The summed E-state index contributed by atoms with van der Waals surface area (Å²) in [7, 11) is 0. The van der Waals surface area contributed by atoms with Crippen LogP contribution in [0, 0.1) is 0 Å². The molecule has 0 fully saturated rings. The van der Waals surface area contributed by atoms with E-state index in [1.165, 1.54) is 0 Å². The van der Waals surface area contributed by atoms with Gasteiger partial charge in [-0.25, -0.2) is 0 Å². The van der Waals surface area contributed by atoms with Gasteiger partial charge < -0.3 is 19.2 Å². The molecule has 5 nitrogen and oxygen atoms in total. The van der Waals surface area contributed by atoms with Crippen molar-refractivity contribution in [2.75, 3.05) is 6.61 Å². The average molecular weight is 317 g/mol. The second kappa shape index (κ2) is 8.39. The second-order valence-electron chi connectivity index (χ2n) is 5.38. The van der Waals surface area contributed by atoms with E-state index in [2.05, 4.69) is 5.32 Å². The molecule has 1 amide bonds. The highest BCUT2D eigenvalue weighted by atomic mass is 16.5. The SMILES string of the molecule is CCOc1ccc(C(=O)NCc2ccco2)cc1COC(C)C.